The van der Waals surface area contributed by atoms with Crippen molar-refractivity contribution in [1.29, 1.82) is 0 Å². The van der Waals surface area contributed by atoms with Crippen LogP contribution in [0, 0.1) is 0 Å². The van der Waals surface area contributed by atoms with Gasteiger partial charge in [-0.15, -0.1) is 0 Å². The van der Waals surface area contributed by atoms with Crippen molar-refractivity contribution in [2.45, 2.75) is 13.0 Å². The highest BCUT2D eigenvalue weighted by molar-refractivity contribution is 5.89. The molecule has 0 bridgehead atoms. The molecule has 1 aromatic heterocycles. The van der Waals surface area contributed by atoms with E-state index in [9.17, 15) is 4.79 Å². The van der Waals surface area contributed by atoms with Crippen molar-refractivity contribution in [2.75, 3.05) is 38.3 Å². The van der Waals surface area contributed by atoms with Gasteiger partial charge < -0.3 is 19.5 Å². The van der Waals surface area contributed by atoms with Gasteiger partial charge >= 0.3 is 5.97 Å². The third kappa shape index (κ3) is 4.18. The maximum atomic E-state index is 11.4. The van der Waals surface area contributed by atoms with E-state index < -0.39 is 0 Å². The summed E-state index contributed by atoms with van der Waals surface area (Å²) < 4.78 is 15.7. The molecule has 1 aliphatic heterocycles. The Labute approximate surface area is 112 Å². The van der Waals surface area contributed by atoms with Crippen LogP contribution >= 0.6 is 0 Å². The monoisotopic (exact) mass is 266 g/mol. The van der Waals surface area contributed by atoms with Crippen molar-refractivity contribution < 1.29 is 19.0 Å². The molecule has 1 saturated heterocycles. The van der Waals surface area contributed by atoms with Crippen LogP contribution in [0.4, 0.5) is 5.82 Å². The standard InChI is InChI=1S/C13H18N2O4/c1-2-18-13(16)10-3-4-12(14-7-10)15-8-11-9-17-5-6-19-11/h3-4,7,11H,2,5-6,8-9H2,1H3,(H,14,15). The quantitative estimate of drug-likeness (QED) is 0.804. The molecule has 1 unspecified atom stereocenters. The van der Waals surface area contributed by atoms with Gasteiger partial charge in [-0.3, -0.25) is 0 Å². The molecule has 1 aliphatic rings. The predicted molar refractivity (Wildman–Crippen MR) is 69.2 cm³/mol. The molecule has 1 atom stereocenters. The Morgan fingerprint density at radius 2 is 2.42 bits per heavy atom. The van der Waals surface area contributed by atoms with Crippen LogP contribution in [0.2, 0.25) is 0 Å². The van der Waals surface area contributed by atoms with Gasteiger partial charge in [0, 0.05) is 12.7 Å². The van der Waals surface area contributed by atoms with Crippen LogP contribution in [0.25, 0.3) is 0 Å². The van der Waals surface area contributed by atoms with E-state index in [0.29, 0.717) is 44.4 Å². The maximum absolute atomic E-state index is 11.4. The van der Waals surface area contributed by atoms with Crippen molar-refractivity contribution in [2.24, 2.45) is 0 Å². The number of hydrogen-bond acceptors (Lipinski definition) is 6. The van der Waals surface area contributed by atoms with Gasteiger partial charge in [-0.1, -0.05) is 0 Å². The summed E-state index contributed by atoms with van der Waals surface area (Å²) in [6.45, 7) is 4.63. The molecule has 0 radical (unpaired) electrons. The second kappa shape index (κ2) is 7.06. The minimum absolute atomic E-state index is 0.0419. The summed E-state index contributed by atoms with van der Waals surface area (Å²) in [7, 11) is 0. The highest BCUT2D eigenvalue weighted by Crippen LogP contribution is 2.08. The fraction of sp³-hybridized carbons (Fsp3) is 0.538. The molecule has 6 heteroatoms. The summed E-state index contributed by atoms with van der Waals surface area (Å²) in [6, 6.07) is 3.43. The zero-order valence-corrected chi connectivity index (χ0v) is 10.9. The smallest absolute Gasteiger partial charge is 0.339 e. The fourth-order valence-corrected chi connectivity index (χ4v) is 1.71. The van der Waals surface area contributed by atoms with Gasteiger partial charge in [0.15, 0.2) is 0 Å². The van der Waals surface area contributed by atoms with Crippen molar-refractivity contribution in [3.05, 3.63) is 23.9 Å². The van der Waals surface area contributed by atoms with Gasteiger partial charge in [0.2, 0.25) is 0 Å². The lowest BCUT2D eigenvalue weighted by atomic mass is 10.3. The molecule has 19 heavy (non-hydrogen) atoms. The van der Waals surface area contributed by atoms with Crippen molar-refractivity contribution in [3.63, 3.8) is 0 Å². The third-order valence-electron chi connectivity index (χ3n) is 2.67. The molecule has 104 valence electrons. The third-order valence-corrected chi connectivity index (χ3v) is 2.67. The molecule has 2 heterocycles. The number of anilines is 1. The van der Waals surface area contributed by atoms with Crippen LogP contribution in [0.15, 0.2) is 18.3 Å². The molecule has 6 nitrogen and oxygen atoms in total. The number of carbonyl (C=O) groups excluding carboxylic acids is 1. The summed E-state index contributed by atoms with van der Waals surface area (Å²) in [6.07, 6.45) is 1.54. The van der Waals surface area contributed by atoms with Crippen LogP contribution in [-0.4, -0.2) is 50.0 Å². The molecule has 1 N–H and O–H groups in total. The first-order valence-electron chi connectivity index (χ1n) is 6.36. The number of ether oxygens (including phenoxy) is 3. The normalized spacial score (nSPS) is 18.9. The zero-order chi connectivity index (χ0) is 13.5. The molecule has 0 amide bonds. The van der Waals surface area contributed by atoms with Crippen molar-refractivity contribution in [3.8, 4) is 0 Å². The van der Waals surface area contributed by atoms with Crippen LogP contribution in [-0.2, 0) is 14.2 Å². The lowest BCUT2D eigenvalue weighted by Gasteiger charge is -2.23. The van der Waals surface area contributed by atoms with E-state index >= 15 is 0 Å². The number of carbonyl (C=O) groups is 1. The van der Waals surface area contributed by atoms with Crippen LogP contribution < -0.4 is 5.32 Å². The lowest BCUT2D eigenvalue weighted by Crippen LogP contribution is -2.34. The average molecular weight is 266 g/mol. The fourth-order valence-electron chi connectivity index (χ4n) is 1.71. The van der Waals surface area contributed by atoms with Gasteiger partial charge in [0.25, 0.3) is 0 Å². The molecule has 0 spiro atoms. The van der Waals surface area contributed by atoms with E-state index in [1.807, 2.05) is 0 Å². The largest absolute Gasteiger partial charge is 0.462 e. The minimum Gasteiger partial charge on any atom is -0.462 e. The molecular formula is C13H18N2O4. The maximum Gasteiger partial charge on any atom is 0.339 e. The summed E-state index contributed by atoms with van der Waals surface area (Å²) >= 11 is 0. The number of rotatable bonds is 5. The Kier molecular flexibility index (Phi) is 5.11. The SMILES string of the molecule is CCOC(=O)c1ccc(NCC2COCCO2)nc1. The van der Waals surface area contributed by atoms with Gasteiger partial charge in [-0.05, 0) is 19.1 Å². The van der Waals surface area contributed by atoms with Gasteiger partial charge in [-0.25, -0.2) is 9.78 Å². The van der Waals surface area contributed by atoms with E-state index in [-0.39, 0.29) is 12.1 Å². The molecule has 0 aliphatic carbocycles. The first-order valence-corrected chi connectivity index (χ1v) is 6.36. The number of nitrogens with zero attached hydrogens (tertiary/aromatic N) is 1. The van der Waals surface area contributed by atoms with E-state index in [0.717, 1.165) is 0 Å². The molecule has 1 fully saturated rings. The first kappa shape index (κ1) is 13.8. The molecule has 0 saturated carbocycles. The van der Waals surface area contributed by atoms with Crippen LogP contribution in [0.3, 0.4) is 0 Å². The summed E-state index contributed by atoms with van der Waals surface area (Å²) in [5, 5.41) is 3.14. The summed E-state index contributed by atoms with van der Waals surface area (Å²) in [5.41, 5.74) is 0.449. The number of hydrogen-bond donors (Lipinski definition) is 1. The Hall–Kier alpha value is -1.66. The summed E-state index contributed by atoms with van der Waals surface area (Å²) in [5.74, 6) is 0.341. The van der Waals surface area contributed by atoms with E-state index in [1.165, 1.54) is 6.20 Å². The molecule has 0 aromatic carbocycles. The lowest BCUT2D eigenvalue weighted by molar-refractivity contribution is -0.0819. The van der Waals surface area contributed by atoms with Crippen LogP contribution in [0.5, 0.6) is 0 Å². The molecular weight excluding hydrogens is 248 g/mol. The second-order valence-electron chi connectivity index (χ2n) is 4.10. The summed E-state index contributed by atoms with van der Waals surface area (Å²) in [4.78, 5) is 15.6. The van der Waals surface area contributed by atoms with E-state index in [2.05, 4.69) is 10.3 Å². The second-order valence-corrected chi connectivity index (χ2v) is 4.10. The topological polar surface area (TPSA) is 69.7 Å². The predicted octanol–water partition coefficient (Wildman–Crippen LogP) is 1.09. The van der Waals surface area contributed by atoms with Crippen LogP contribution in [0.1, 0.15) is 17.3 Å². The van der Waals surface area contributed by atoms with Gasteiger partial charge in [0.1, 0.15) is 5.82 Å². The van der Waals surface area contributed by atoms with Crippen molar-refractivity contribution >= 4 is 11.8 Å². The van der Waals surface area contributed by atoms with Gasteiger partial charge in [0.05, 0.1) is 38.1 Å². The number of nitrogens with one attached hydrogen (secondary N) is 1. The van der Waals surface area contributed by atoms with E-state index in [4.69, 9.17) is 14.2 Å². The first-order chi connectivity index (χ1) is 9.29. The zero-order valence-electron chi connectivity index (χ0n) is 10.9. The highest BCUT2D eigenvalue weighted by atomic mass is 16.6. The number of aromatic nitrogens is 1. The number of esters is 1. The Morgan fingerprint density at radius 3 is 3.05 bits per heavy atom. The Balaban J connectivity index is 1.82. The number of pyridine rings is 1. The van der Waals surface area contributed by atoms with Crippen molar-refractivity contribution in [1.82, 2.24) is 4.98 Å². The highest BCUT2D eigenvalue weighted by Gasteiger charge is 2.14. The Bertz CT molecular complexity index is 402. The minimum atomic E-state index is -0.356. The molecule has 1 aromatic rings. The van der Waals surface area contributed by atoms with Gasteiger partial charge in [-0.2, -0.15) is 0 Å². The van der Waals surface area contributed by atoms with E-state index in [1.54, 1.807) is 19.1 Å². The Morgan fingerprint density at radius 1 is 1.53 bits per heavy atom. The average Bonchev–Trinajstić information content (AvgIpc) is 2.47. The molecule has 2 rings (SSSR count).